The lowest BCUT2D eigenvalue weighted by Gasteiger charge is -2.28. The predicted molar refractivity (Wildman–Crippen MR) is 134 cm³/mol. The van der Waals surface area contributed by atoms with E-state index in [4.69, 9.17) is 14.2 Å². The lowest BCUT2D eigenvalue weighted by Crippen LogP contribution is -2.39. The first-order valence-corrected chi connectivity index (χ1v) is 11.9. The van der Waals surface area contributed by atoms with Gasteiger partial charge in [-0.05, 0) is 11.5 Å². The smallest absolute Gasteiger partial charge is 0.324 e. The number of anilines is 3. The fraction of sp³-hybridized carbons (Fsp3) is 0.400. The maximum atomic E-state index is 12.9. The third kappa shape index (κ3) is 6.16. The largest absolute Gasteiger partial charge is 0.462 e. The summed E-state index contributed by atoms with van der Waals surface area (Å²) in [5.74, 6) is 1.07. The number of hydrogen-bond acceptors (Lipinski definition) is 8. The average Bonchev–Trinajstić information content (AvgIpc) is 2.90. The zero-order chi connectivity index (χ0) is 23.9. The third-order valence-electron chi connectivity index (χ3n) is 6.05. The lowest BCUT2D eigenvalue weighted by atomic mass is 10.1. The number of fused-ring (bicyclic) bond motifs is 1. The third-order valence-corrected chi connectivity index (χ3v) is 6.05. The Bertz CT molecular complexity index is 1140. The molecule has 2 aromatic carbocycles. The van der Waals surface area contributed by atoms with Gasteiger partial charge in [-0.25, -0.2) is 4.79 Å². The molecule has 2 amide bonds. The van der Waals surface area contributed by atoms with Crippen LogP contribution in [0.25, 0.3) is 10.8 Å². The van der Waals surface area contributed by atoms with Crippen molar-refractivity contribution in [3.63, 3.8) is 0 Å². The Morgan fingerprint density at radius 2 is 1.66 bits per heavy atom. The van der Waals surface area contributed by atoms with Gasteiger partial charge in [0.05, 0.1) is 32.1 Å². The van der Waals surface area contributed by atoms with Gasteiger partial charge < -0.3 is 24.4 Å². The van der Waals surface area contributed by atoms with Crippen LogP contribution in [0.2, 0.25) is 0 Å². The van der Waals surface area contributed by atoms with E-state index in [1.54, 1.807) is 6.07 Å². The number of amides is 2. The number of urea groups is 1. The van der Waals surface area contributed by atoms with Crippen molar-refractivity contribution < 1.29 is 19.0 Å². The summed E-state index contributed by atoms with van der Waals surface area (Å²) in [6.45, 7) is 7.15. The molecule has 10 heteroatoms. The SMILES string of the molecule is O=C(Nc1cc(N2CCOCC2)nc(OCCN2CCOCC2)n1)Nc1cccc2ccccc12. The fourth-order valence-electron chi connectivity index (χ4n) is 4.19. The van der Waals surface area contributed by atoms with Crippen molar-refractivity contribution in [2.45, 2.75) is 0 Å². The topological polar surface area (TPSA) is 101 Å². The molecule has 2 N–H and O–H groups in total. The summed E-state index contributed by atoms with van der Waals surface area (Å²) in [4.78, 5) is 26.3. The summed E-state index contributed by atoms with van der Waals surface area (Å²) in [5.41, 5.74) is 0.727. The number of benzene rings is 2. The van der Waals surface area contributed by atoms with Crippen LogP contribution in [0.5, 0.6) is 6.01 Å². The average molecular weight is 479 g/mol. The fourth-order valence-corrected chi connectivity index (χ4v) is 4.19. The minimum atomic E-state index is -0.382. The van der Waals surface area contributed by atoms with Crippen molar-refractivity contribution in [2.75, 3.05) is 81.3 Å². The molecule has 2 saturated heterocycles. The van der Waals surface area contributed by atoms with Crippen LogP contribution < -0.4 is 20.3 Å². The van der Waals surface area contributed by atoms with E-state index in [-0.39, 0.29) is 12.0 Å². The van der Waals surface area contributed by atoms with Crippen LogP contribution in [0.1, 0.15) is 0 Å². The van der Waals surface area contributed by atoms with Crippen molar-refractivity contribution in [3.8, 4) is 6.01 Å². The van der Waals surface area contributed by atoms with Crippen LogP contribution in [0, 0.1) is 0 Å². The number of carbonyl (C=O) groups excluding carboxylic acids is 1. The number of ether oxygens (including phenoxy) is 3. The maximum Gasteiger partial charge on any atom is 0.324 e. The molecule has 0 saturated carbocycles. The van der Waals surface area contributed by atoms with Crippen molar-refractivity contribution in [1.82, 2.24) is 14.9 Å². The molecule has 0 radical (unpaired) electrons. The van der Waals surface area contributed by atoms with Crippen LogP contribution in [-0.2, 0) is 9.47 Å². The molecule has 0 bridgehead atoms. The molecule has 3 heterocycles. The number of nitrogens with one attached hydrogen (secondary N) is 2. The van der Waals surface area contributed by atoms with Crippen LogP contribution in [0.15, 0.2) is 48.5 Å². The normalized spacial score (nSPS) is 16.7. The van der Waals surface area contributed by atoms with E-state index >= 15 is 0 Å². The lowest BCUT2D eigenvalue weighted by molar-refractivity contribution is 0.0317. The van der Waals surface area contributed by atoms with Gasteiger partial charge in [0.1, 0.15) is 18.2 Å². The first-order valence-electron chi connectivity index (χ1n) is 11.9. The number of carbonyl (C=O) groups is 1. The van der Waals surface area contributed by atoms with E-state index < -0.39 is 0 Å². The Morgan fingerprint density at radius 3 is 2.49 bits per heavy atom. The van der Waals surface area contributed by atoms with Crippen LogP contribution in [0.4, 0.5) is 22.1 Å². The van der Waals surface area contributed by atoms with Gasteiger partial charge >= 0.3 is 12.0 Å². The van der Waals surface area contributed by atoms with Gasteiger partial charge in [-0.2, -0.15) is 9.97 Å². The summed E-state index contributed by atoms with van der Waals surface area (Å²) in [6, 6.07) is 15.3. The van der Waals surface area contributed by atoms with Gasteiger partial charge in [0.2, 0.25) is 0 Å². The molecule has 1 aromatic heterocycles. The molecular weight excluding hydrogens is 448 g/mol. The zero-order valence-electron chi connectivity index (χ0n) is 19.6. The number of aromatic nitrogens is 2. The van der Waals surface area contributed by atoms with Crippen molar-refractivity contribution in [3.05, 3.63) is 48.5 Å². The highest BCUT2D eigenvalue weighted by atomic mass is 16.5. The molecule has 35 heavy (non-hydrogen) atoms. The zero-order valence-corrected chi connectivity index (χ0v) is 19.6. The molecule has 2 aliphatic heterocycles. The van der Waals surface area contributed by atoms with Crippen molar-refractivity contribution in [2.24, 2.45) is 0 Å². The van der Waals surface area contributed by atoms with E-state index in [2.05, 4.69) is 30.4 Å². The van der Waals surface area contributed by atoms with Gasteiger partial charge in [-0.1, -0.05) is 36.4 Å². The van der Waals surface area contributed by atoms with Crippen LogP contribution in [0.3, 0.4) is 0 Å². The van der Waals surface area contributed by atoms with E-state index in [1.807, 2.05) is 42.5 Å². The van der Waals surface area contributed by atoms with E-state index in [0.717, 1.165) is 49.3 Å². The van der Waals surface area contributed by atoms with E-state index in [0.29, 0.717) is 44.5 Å². The highest BCUT2D eigenvalue weighted by Gasteiger charge is 2.17. The number of morpholine rings is 2. The summed E-state index contributed by atoms with van der Waals surface area (Å²) in [6.07, 6.45) is 0. The van der Waals surface area contributed by atoms with Gasteiger partial charge in [-0.15, -0.1) is 0 Å². The van der Waals surface area contributed by atoms with Crippen molar-refractivity contribution >= 4 is 34.1 Å². The highest BCUT2D eigenvalue weighted by Crippen LogP contribution is 2.24. The van der Waals surface area contributed by atoms with E-state index in [9.17, 15) is 4.79 Å². The van der Waals surface area contributed by atoms with Gasteiger partial charge in [0.25, 0.3) is 0 Å². The Kier molecular flexibility index (Phi) is 7.52. The molecule has 0 spiro atoms. The standard InChI is InChI=1S/C25H30N6O4/c32-24(26-21-7-3-5-19-4-1-2-6-20(19)21)27-22-18-23(31-11-15-34-16-12-31)29-25(28-22)35-17-10-30-8-13-33-14-9-30/h1-7,18H,8-17H2,(H2,26,27,28,29,32). The Labute approximate surface area is 204 Å². The van der Waals surface area contributed by atoms with Gasteiger partial charge in [-0.3, -0.25) is 10.2 Å². The molecule has 3 aromatic rings. The summed E-state index contributed by atoms with van der Waals surface area (Å²) in [5, 5.41) is 7.80. The van der Waals surface area contributed by atoms with Gasteiger partial charge in [0.15, 0.2) is 0 Å². The second-order valence-corrected chi connectivity index (χ2v) is 8.40. The summed E-state index contributed by atoms with van der Waals surface area (Å²) < 4.78 is 16.8. The minimum Gasteiger partial charge on any atom is -0.462 e. The first-order chi connectivity index (χ1) is 17.2. The molecule has 5 rings (SSSR count). The van der Waals surface area contributed by atoms with E-state index in [1.165, 1.54) is 0 Å². The molecule has 10 nitrogen and oxygen atoms in total. The van der Waals surface area contributed by atoms with Crippen LogP contribution in [-0.4, -0.2) is 86.7 Å². The summed E-state index contributed by atoms with van der Waals surface area (Å²) in [7, 11) is 0. The molecule has 184 valence electrons. The Balaban J connectivity index is 1.29. The summed E-state index contributed by atoms with van der Waals surface area (Å²) >= 11 is 0. The maximum absolute atomic E-state index is 12.9. The first kappa shape index (κ1) is 23.3. The Morgan fingerprint density at radius 1 is 0.914 bits per heavy atom. The van der Waals surface area contributed by atoms with Crippen molar-refractivity contribution in [1.29, 1.82) is 0 Å². The molecular formula is C25H30N6O4. The number of hydrogen-bond donors (Lipinski definition) is 2. The molecule has 0 atom stereocenters. The molecule has 2 fully saturated rings. The predicted octanol–water partition coefficient (Wildman–Crippen LogP) is 2.82. The second-order valence-electron chi connectivity index (χ2n) is 8.40. The molecule has 0 unspecified atom stereocenters. The highest BCUT2D eigenvalue weighted by molar-refractivity contribution is 6.05. The second kappa shape index (κ2) is 11.3. The van der Waals surface area contributed by atoms with Gasteiger partial charge in [0, 0.05) is 44.2 Å². The number of nitrogens with zero attached hydrogens (tertiary/aromatic N) is 4. The monoisotopic (exact) mass is 478 g/mol. The molecule has 2 aliphatic rings. The quantitative estimate of drug-likeness (QED) is 0.535. The minimum absolute atomic E-state index is 0.239. The number of rotatable bonds is 7. The Hall–Kier alpha value is -3.47. The molecule has 0 aliphatic carbocycles. The van der Waals surface area contributed by atoms with Crippen LogP contribution >= 0.6 is 0 Å².